The number of nitrogens with two attached hydrogens (primary N) is 1. The second-order valence-electron chi connectivity index (χ2n) is 5.08. The zero-order chi connectivity index (χ0) is 16.7. The highest BCUT2D eigenvalue weighted by atomic mass is 79.9. The summed E-state index contributed by atoms with van der Waals surface area (Å²) < 4.78 is 11.5. The van der Waals surface area contributed by atoms with E-state index in [1.165, 1.54) is 0 Å². The van der Waals surface area contributed by atoms with Gasteiger partial charge in [-0.2, -0.15) is 0 Å². The monoisotopic (exact) mass is 413 g/mol. The fourth-order valence-electron chi connectivity index (χ4n) is 2.12. The molecular weight excluding hydrogens is 394 g/mol. The van der Waals surface area contributed by atoms with Crippen molar-refractivity contribution in [3.05, 3.63) is 64.1 Å². The van der Waals surface area contributed by atoms with Crippen molar-refractivity contribution >= 4 is 34.3 Å². The number of hydrogen-bond acceptors (Lipinski definition) is 4. The molecular formula is C18H21BrClNO3. The van der Waals surface area contributed by atoms with E-state index in [4.69, 9.17) is 15.2 Å². The Kier molecular flexibility index (Phi) is 8.82. The van der Waals surface area contributed by atoms with Gasteiger partial charge in [-0.05, 0) is 46.1 Å². The number of esters is 1. The third-order valence-corrected chi connectivity index (χ3v) is 3.93. The number of carbonyl (C=O) groups is 1. The summed E-state index contributed by atoms with van der Waals surface area (Å²) in [4.78, 5) is 11.5. The van der Waals surface area contributed by atoms with E-state index < -0.39 is 6.04 Å². The van der Waals surface area contributed by atoms with Gasteiger partial charge in [0.25, 0.3) is 0 Å². The minimum absolute atomic E-state index is 0. The normalized spacial score (nSPS) is 11.3. The number of rotatable bonds is 7. The molecule has 2 aromatic carbocycles. The first kappa shape index (κ1) is 20.5. The van der Waals surface area contributed by atoms with Crippen LogP contribution in [0.5, 0.6) is 5.75 Å². The third kappa shape index (κ3) is 6.15. The third-order valence-electron chi connectivity index (χ3n) is 3.31. The summed E-state index contributed by atoms with van der Waals surface area (Å²) in [5.74, 6) is 0.446. The molecule has 0 saturated carbocycles. The van der Waals surface area contributed by atoms with Crippen molar-refractivity contribution < 1.29 is 14.3 Å². The largest absolute Gasteiger partial charge is 0.488 e. The molecule has 0 spiro atoms. The summed E-state index contributed by atoms with van der Waals surface area (Å²) in [6.45, 7) is 2.63. The molecule has 1 unspecified atom stereocenters. The highest BCUT2D eigenvalue weighted by molar-refractivity contribution is 9.10. The molecule has 24 heavy (non-hydrogen) atoms. The van der Waals surface area contributed by atoms with Gasteiger partial charge in [0.1, 0.15) is 12.4 Å². The molecule has 4 nitrogen and oxygen atoms in total. The van der Waals surface area contributed by atoms with Crippen LogP contribution in [-0.2, 0) is 16.1 Å². The lowest BCUT2D eigenvalue weighted by Gasteiger charge is -2.14. The van der Waals surface area contributed by atoms with Gasteiger partial charge in [-0.1, -0.05) is 36.4 Å². The molecule has 0 fully saturated rings. The maximum Gasteiger partial charge on any atom is 0.307 e. The number of carbonyl (C=O) groups excluding carboxylic acids is 1. The van der Waals surface area contributed by atoms with Crippen LogP contribution in [0.25, 0.3) is 0 Å². The minimum atomic E-state index is -0.395. The van der Waals surface area contributed by atoms with Gasteiger partial charge in [0.05, 0.1) is 17.5 Å². The van der Waals surface area contributed by atoms with E-state index >= 15 is 0 Å². The van der Waals surface area contributed by atoms with Gasteiger partial charge in [0.2, 0.25) is 0 Å². The number of halogens is 2. The Morgan fingerprint density at radius 1 is 1.21 bits per heavy atom. The van der Waals surface area contributed by atoms with Crippen LogP contribution in [0, 0.1) is 0 Å². The molecule has 130 valence electrons. The van der Waals surface area contributed by atoms with E-state index in [1.807, 2.05) is 48.5 Å². The van der Waals surface area contributed by atoms with Gasteiger partial charge in [-0.15, -0.1) is 12.4 Å². The molecule has 0 aliphatic heterocycles. The van der Waals surface area contributed by atoms with Crippen molar-refractivity contribution in [2.24, 2.45) is 5.73 Å². The van der Waals surface area contributed by atoms with E-state index in [9.17, 15) is 4.79 Å². The first-order chi connectivity index (χ1) is 11.1. The van der Waals surface area contributed by atoms with E-state index in [1.54, 1.807) is 6.92 Å². The summed E-state index contributed by atoms with van der Waals surface area (Å²) in [7, 11) is 0. The molecule has 2 rings (SSSR count). The zero-order valence-electron chi connectivity index (χ0n) is 13.4. The molecule has 0 aromatic heterocycles. The number of ether oxygens (including phenoxy) is 2. The zero-order valence-corrected chi connectivity index (χ0v) is 15.8. The number of hydrogen-bond donors (Lipinski definition) is 1. The van der Waals surface area contributed by atoms with Crippen LogP contribution in [0.4, 0.5) is 0 Å². The van der Waals surface area contributed by atoms with Crippen molar-refractivity contribution in [3.63, 3.8) is 0 Å². The Hall–Kier alpha value is -1.56. The summed E-state index contributed by atoms with van der Waals surface area (Å²) in [5.41, 5.74) is 8.01. The molecule has 6 heteroatoms. The predicted octanol–water partition coefficient (Wildman–Crippen LogP) is 4.40. The smallest absolute Gasteiger partial charge is 0.307 e. The van der Waals surface area contributed by atoms with E-state index in [0.29, 0.717) is 13.2 Å². The molecule has 0 aliphatic rings. The van der Waals surface area contributed by atoms with Gasteiger partial charge in [-0.25, -0.2) is 0 Å². The van der Waals surface area contributed by atoms with Gasteiger partial charge in [0, 0.05) is 6.04 Å². The second-order valence-corrected chi connectivity index (χ2v) is 5.93. The standard InChI is InChI=1S/C18H20BrNO3.ClH/c1-2-22-18(21)11-16(20)14-8-9-17(15(19)10-14)23-12-13-6-4-3-5-7-13;/h3-10,16H,2,11-12,20H2,1H3;1H. The average Bonchev–Trinajstić information content (AvgIpc) is 2.54. The van der Waals surface area contributed by atoms with Crippen LogP contribution in [-0.4, -0.2) is 12.6 Å². The Labute approximate surface area is 156 Å². The van der Waals surface area contributed by atoms with Crippen LogP contribution in [0.1, 0.15) is 30.5 Å². The molecule has 0 aliphatic carbocycles. The quantitative estimate of drug-likeness (QED) is 0.682. The summed E-state index contributed by atoms with van der Waals surface area (Å²) >= 11 is 3.49. The lowest BCUT2D eigenvalue weighted by molar-refractivity contribution is -0.143. The minimum Gasteiger partial charge on any atom is -0.488 e. The first-order valence-corrected chi connectivity index (χ1v) is 8.26. The van der Waals surface area contributed by atoms with Crippen LogP contribution < -0.4 is 10.5 Å². The van der Waals surface area contributed by atoms with Crippen LogP contribution in [0.3, 0.4) is 0 Å². The second kappa shape index (κ2) is 10.3. The SMILES string of the molecule is CCOC(=O)CC(N)c1ccc(OCc2ccccc2)c(Br)c1.Cl. The fraction of sp³-hybridized carbons (Fsp3) is 0.278. The molecule has 0 saturated heterocycles. The maximum absolute atomic E-state index is 11.5. The van der Waals surface area contributed by atoms with Gasteiger partial charge in [0.15, 0.2) is 0 Å². The van der Waals surface area contributed by atoms with E-state index in [-0.39, 0.29) is 24.8 Å². The first-order valence-electron chi connectivity index (χ1n) is 7.47. The Balaban J connectivity index is 0.00000288. The molecule has 2 N–H and O–H groups in total. The molecule has 0 bridgehead atoms. The van der Waals surface area contributed by atoms with Crippen molar-refractivity contribution in [2.45, 2.75) is 26.0 Å². The topological polar surface area (TPSA) is 61.5 Å². The molecule has 2 aromatic rings. The van der Waals surface area contributed by atoms with E-state index in [2.05, 4.69) is 15.9 Å². The van der Waals surface area contributed by atoms with E-state index in [0.717, 1.165) is 21.3 Å². The van der Waals surface area contributed by atoms with Crippen LogP contribution >= 0.6 is 28.3 Å². The fourth-order valence-corrected chi connectivity index (χ4v) is 2.63. The van der Waals surface area contributed by atoms with Crippen molar-refractivity contribution in [1.29, 1.82) is 0 Å². The molecule has 0 heterocycles. The molecule has 0 radical (unpaired) electrons. The van der Waals surface area contributed by atoms with Gasteiger partial charge >= 0.3 is 5.97 Å². The van der Waals surface area contributed by atoms with Gasteiger partial charge in [-0.3, -0.25) is 4.79 Å². The summed E-state index contributed by atoms with van der Waals surface area (Å²) in [5, 5.41) is 0. The summed E-state index contributed by atoms with van der Waals surface area (Å²) in [6, 6.07) is 15.2. The Morgan fingerprint density at radius 3 is 2.54 bits per heavy atom. The summed E-state index contributed by atoms with van der Waals surface area (Å²) in [6.07, 6.45) is 0.157. The number of benzene rings is 2. The molecule has 1 atom stereocenters. The van der Waals surface area contributed by atoms with Crippen molar-refractivity contribution in [2.75, 3.05) is 6.61 Å². The highest BCUT2D eigenvalue weighted by Gasteiger charge is 2.14. The van der Waals surface area contributed by atoms with Crippen LogP contribution in [0.2, 0.25) is 0 Å². The average molecular weight is 415 g/mol. The van der Waals surface area contributed by atoms with Crippen molar-refractivity contribution in [3.8, 4) is 5.75 Å². The lowest BCUT2D eigenvalue weighted by Crippen LogP contribution is -2.17. The maximum atomic E-state index is 11.5. The van der Waals surface area contributed by atoms with Gasteiger partial charge < -0.3 is 15.2 Å². The Morgan fingerprint density at radius 2 is 1.92 bits per heavy atom. The predicted molar refractivity (Wildman–Crippen MR) is 100 cm³/mol. The lowest BCUT2D eigenvalue weighted by atomic mass is 10.0. The van der Waals surface area contributed by atoms with Crippen LogP contribution in [0.15, 0.2) is 53.0 Å². The Bertz CT molecular complexity index is 652. The highest BCUT2D eigenvalue weighted by Crippen LogP contribution is 2.29. The molecule has 0 amide bonds. The van der Waals surface area contributed by atoms with Crippen molar-refractivity contribution in [1.82, 2.24) is 0 Å².